The normalized spacial score (nSPS) is 17.3. The highest BCUT2D eigenvalue weighted by Crippen LogP contribution is 2.20. The Kier molecular flexibility index (Phi) is 4.19. The summed E-state index contributed by atoms with van der Waals surface area (Å²) in [5.41, 5.74) is 0. The Morgan fingerprint density at radius 2 is 1.95 bits per heavy atom. The summed E-state index contributed by atoms with van der Waals surface area (Å²) in [6.45, 7) is 4.09. The third kappa shape index (κ3) is 3.07. The second-order valence-electron chi connectivity index (χ2n) is 5.98. The molecule has 2 aromatic heterocycles. The van der Waals surface area contributed by atoms with Gasteiger partial charge in [0.2, 0.25) is 9.97 Å². The standard InChI is InChI=1S/C14H21N5OS/c1-9(2)11-16-17-14-19(11)18-13(21-14)12(20)15-10-7-5-3-4-6-8-10/h9-10H,3-8H2,1-2H3,(H,15,20). The predicted octanol–water partition coefficient (Wildman–Crippen LogP) is 2.76. The lowest BCUT2D eigenvalue weighted by Crippen LogP contribution is -2.34. The number of hydrogen-bond acceptors (Lipinski definition) is 5. The number of fused-ring (bicyclic) bond motifs is 1. The van der Waals surface area contributed by atoms with E-state index in [0.717, 1.165) is 18.7 Å². The average Bonchev–Trinajstić information content (AvgIpc) is 2.92. The molecule has 0 atom stereocenters. The van der Waals surface area contributed by atoms with E-state index in [1.54, 1.807) is 4.52 Å². The summed E-state index contributed by atoms with van der Waals surface area (Å²) in [7, 11) is 0. The minimum Gasteiger partial charge on any atom is -0.347 e. The molecule has 3 rings (SSSR count). The van der Waals surface area contributed by atoms with Gasteiger partial charge in [0, 0.05) is 12.0 Å². The molecule has 2 aromatic rings. The van der Waals surface area contributed by atoms with Gasteiger partial charge in [0.25, 0.3) is 5.91 Å². The van der Waals surface area contributed by atoms with Crippen LogP contribution in [0.1, 0.15) is 73.9 Å². The molecule has 0 radical (unpaired) electrons. The summed E-state index contributed by atoms with van der Waals surface area (Å²) < 4.78 is 1.69. The van der Waals surface area contributed by atoms with Crippen LogP contribution in [0.5, 0.6) is 0 Å². The van der Waals surface area contributed by atoms with Gasteiger partial charge in [0.05, 0.1) is 0 Å². The highest BCUT2D eigenvalue weighted by Gasteiger charge is 2.21. The molecule has 0 bridgehead atoms. The van der Waals surface area contributed by atoms with Gasteiger partial charge in [-0.05, 0) is 12.8 Å². The Hall–Kier alpha value is -1.50. The van der Waals surface area contributed by atoms with Crippen molar-refractivity contribution in [3.05, 3.63) is 10.8 Å². The van der Waals surface area contributed by atoms with Crippen LogP contribution in [-0.4, -0.2) is 31.8 Å². The van der Waals surface area contributed by atoms with Gasteiger partial charge in [-0.3, -0.25) is 4.79 Å². The Morgan fingerprint density at radius 3 is 2.62 bits per heavy atom. The lowest BCUT2D eigenvalue weighted by Gasteiger charge is -2.14. The molecule has 0 unspecified atom stereocenters. The fraction of sp³-hybridized carbons (Fsp3) is 0.714. The number of rotatable bonds is 3. The summed E-state index contributed by atoms with van der Waals surface area (Å²) in [5.74, 6) is 0.960. The SMILES string of the molecule is CC(C)c1nnc2sc(C(=O)NC3CCCCCC3)nn12. The quantitative estimate of drug-likeness (QED) is 0.885. The number of nitrogens with zero attached hydrogens (tertiary/aromatic N) is 4. The first-order valence-electron chi connectivity index (χ1n) is 7.68. The van der Waals surface area contributed by atoms with Crippen LogP contribution >= 0.6 is 11.3 Å². The molecule has 0 aromatic carbocycles. The molecule has 21 heavy (non-hydrogen) atoms. The number of aromatic nitrogens is 4. The van der Waals surface area contributed by atoms with Gasteiger partial charge >= 0.3 is 0 Å². The minimum atomic E-state index is -0.0768. The molecular formula is C14H21N5OS. The second kappa shape index (κ2) is 6.09. The maximum absolute atomic E-state index is 12.3. The molecule has 1 saturated carbocycles. The first kappa shape index (κ1) is 14.4. The number of carbonyl (C=O) groups is 1. The zero-order chi connectivity index (χ0) is 14.8. The molecule has 1 N–H and O–H groups in total. The lowest BCUT2D eigenvalue weighted by molar-refractivity contribution is 0.0932. The summed E-state index contributed by atoms with van der Waals surface area (Å²) >= 11 is 1.30. The van der Waals surface area contributed by atoms with Crippen LogP contribution < -0.4 is 5.32 Å². The van der Waals surface area contributed by atoms with Crippen molar-refractivity contribution in [2.24, 2.45) is 0 Å². The molecule has 1 amide bonds. The maximum Gasteiger partial charge on any atom is 0.282 e. The third-order valence-electron chi connectivity index (χ3n) is 3.92. The first-order valence-corrected chi connectivity index (χ1v) is 8.50. The van der Waals surface area contributed by atoms with Gasteiger partial charge in [-0.15, -0.1) is 15.3 Å². The summed E-state index contributed by atoms with van der Waals surface area (Å²) in [6, 6.07) is 0.291. The first-order chi connectivity index (χ1) is 10.1. The highest BCUT2D eigenvalue weighted by molar-refractivity contribution is 7.18. The summed E-state index contributed by atoms with van der Waals surface area (Å²) in [4.78, 5) is 13.0. The van der Waals surface area contributed by atoms with Gasteiger partial charge in [0.1, 0.15) is 0 Å². The molecule has 7 heteroatoms. The van der Waals surface area contributed by atoms with E-state index >= 15 is 0 Å². The Balaban J connectivity index is 1.75. The monoisotopic (exact) mass is 307 g/mol. The average molecular weight is 307 g/mol. The van der Waals surface area contributed by atoms with Crippen LogP contribution in [-0.2, 0) is 0 Å². The van der Waals surface area contributed by atoms with E-state index in [0.29, 0.717) is 16.0 Å². The fourth-order valence-electron chi connectivity index (χ4n) is 2.75. The molecule has 1 aliphatic rings. The Labute approximate surface area is 128 Å². The van der Waals surface area contributed by atoms with Crippen molar-refractivity contribution in [1.82, 2.24) is 25.1 Å². The molecule has 0 saturated heterocycles. The summed E-state index contributed by atoms with van der Waals surface area (Å²) in [5, 5.41) is 16.2. The van der Waals surface area contributed by atoms with Crippen molar-refractivity contribution in [3.63, 3.8) is 0 Å². The van der Waals surface area contributed by atoms with Crippen molar-refractivity contribution in [3.8, 4) is 0 Å². The van der Waals surface area contributed by atoms with E-state index in [1.807, 2.05) is 13.8 Å². The van der Waals surface area contributed by atoms with Crippen molar-refractivity contribution in [2.45, 2.75) is 64.3 Å². The van der Waals surface area contributed by atoms with Gasteiger partial charge in [0.15, 0.2) is 5.82 Å². The van der Waals surface area contributed by atoms with E-state index in [9.17, 15) is 4.79 Å². The number of nitrogens with one attached hydrogen (secondary N) is 1. The van der Waals surface area contributed by atoms with Crippen molar-refractivity contribution in [1.29, 1.82) is 0 Å². The van der Waals surface area contributed by atoms with E-state index in [1.165, 1.54) is 37.0 Å². The van der Waals surface area contributed by atoms with Gasteiger partial charge in [-0.1, -0.05) is 50.9 Å². The van der Waals surface area contributed by atoms with E-state index in [2.05, 4.69) is 20.6 Å². The molecule has 2 heterocycles. The minimum absolute atomic E-state index is 0.0768. The molecule has 6 nitrogen and oxygen atoms in total. The van der Waals surface area contributed by atoms with E-state index in [-0.39, 0.29) is 11.8 Å². The van der Waals surface area contributed by atoms with Crippen LogP contribution in [0.2, 0.25) is 0 Å². The van der Waals surface area contributed by atoms with Crippen molar-refractivity contribution < 1.29 is 4.79 Å². The van der Waals surface area contributed by atoms with Crippen molar-refractivity contribution in [2.75, 3.05) is 0 Å². The zero-order valence-electron chi connectivity index (χ0n) is 12.5. The smallest absolute Gasteiger partial charge is 0.282 e. The second-order valence-corrected chi connectivity index (χ2v) is 6.93. The Bertz CT molecular complexity index is 624. The third-order valence-corrected chi connectivity index (χ3v) is 4.81. The topological polar surface area (TPSA) is 72.2 Å². The highest BCUT2D eigenvalue weighted by atomic mass is 32.1. The van der Waals surface area contributed by atoms with Gasteiger partial charge < -0.3 is 5.32 Å². The molecule has 1 fully saturated rings. The molecule has 0 aliphatic heterocycles. The fourth-order valence-corrected chi connectivity index (χ4v) is 3.50. The number of hydrogen-bond donors (Lipinski definition) is 1. The summed E-state index contributed by atoms with van der Waals surface area (Å²) in [6.07, 6.45) is 7.11. The van der Waals surface area contributed by atoms with Crippen LogP contribution in [0.15, 0.2) is 0 Å². The van der Waals surface area contributed by atoms with Crippen LogP contribution in [0.4, 0.5) is 0 Å². The van der Waals surface area contributed by atoms with Gasteiger partial charge in [-0.25, -0.2) is 0 Å². The molecule has 114 valence electrons. The maximum atomic E-state index is 12.3. The number of amides is 1. The van der Waals surface area contributed by atoms with Crippen molar-refractivity contribution >= 4 is 22.2 Å². The van der Waals surface area contributed by atoms with Crippen LogP contribution in [0.25, 0.3) is 4.96 Å². The Morgan fingerprint density at radius 1 is 1.24 bits per heavy atom. The van der Waals surface area contributed by atoms with Crippen LogP contribution in [0.3, 0.4) is 0 Å². The predicted molar refractivity (Wildman–Crippen MR) is 81.7 cm³/mol. The number of carbonyl (C=O) groups excluding carboxylic acids is 1. The van der Waals surface area contributed by atoms with E-state index in [4.69, 9.17) is 0 Å². The molecule has 1 aliphatic carbocycles. The lowest BCUT2D eigenvalue weighted by atomic mass is 10.1. The molecule has 0 spiro atoms. The van der Waals surface area contributed by atoms with Gasteiger partial charge in [-0.2, -0.15) is 4.52 Å². The largest absolute Gasteiger partial charge is 0.347 e. The van der Waals surface area contributed by atoms with E-state index < -0.39 is 0 Å². The molecular weight excluding hydrogens is 286 g/mol. The van der Waals surface area contributed by atoms with Crippen LogP contribution in [0, 0.1) is 0 Å². The zero-order valence-corrected chi connectivity index (χ0v) is 13.3.